The maximum Gasteiger partial charge on any atom is 0.305 e. The van der Waals surface area contributed by atoms with E-state index in [1.54, 1.807) is 23.9 Å². The molecule has 0 unspecified atom stereocenters. The number of fused-ring (bicyclic) bond motifs is 6. The number of non-ortho nitro benzene ring substituents is 1. The lowest BCUT2D eigenvalue weighted by atomic mass is 9.74. The van der Waals surface area contributed by atoms with Gasteiger partial charge >= 0.3 is 4.87 Å². The first-order valence-corrected chi connectivity index (χ1v) is 13.1. The maximum absolute atomic E-state index is 12.3. The van der Waals surface area contributed by atoms with E-state index in [9.17, 15) is 14.9 Å². The molecular weight excluding hydrogens is 480 g/mol. The Kier molecular flexibility index (Phi) is 5.27. The highest BCUT2D eigenvalue weighted by atomic mass is 35.5. The summed E-state index contributed by atoms with van der Waals surface area (Å²) >= 11 is 9.35. The zero-order valence-electron chi connectivity index (χ0n) is 17.5. The summed E-state index contributed by atoms with van der Waals surface area (Å²) < 4.78 is 6.24. The molecule has 0 radical (unpaired) electrons. The number of hydrogen-bond donors (Lipinski definition) is 1. The number of aromatic amines is 1. The molecule has 3 aromatic rings. The van der Waals surface area contributed by atoms with Crippen molar-refractivity contribution in [2.75, 3.05) is 0 Å². The van der Waals surface area contributed by atoms with Gasteiger partial charge in [0.2, 0.25) is 0 Å². The molecule has 6 nitrogen and oxygen atoms in total. The number of thioether (sulfide) groups is 1. The van der Waals surface area contributed by atoms with E-state index in [1.807, 2.05) is 24.3 Å². The molecule has 2 bridgehead atoms. The number of halogens is 1. The van der Waals surface area contributed by atoms with Gasteiger partial charge in [-0.2, -0.15) is 0 Å². The first-order valence-electron chi connectivity index (χ1n) is 11.0. The third kappa shape index (κ3) is 3.59. The summed E-state index contributed by atoms with van der Waals surface area (Å²) in [7, 11) is 0. The lowest BCUT2D eigenvalue weighted by molar-refractivity contribution is -0.385. The second-order valence-electron chi connectivity index (χ2n) is 9.04. The summed E-state index contributed by atoms with van der Waals surface area (Å²) in [4.78, 5) is 27.6. The number of nitrogens with zero attached hydrogens (tertiary/aromatic N) is 1. The number of nitrogens with one attached hydrogen (secondary N) is 1. The fraction of sp³-hybridized carbons (Fsp3) is 0.375. The van der Waals surface area contributed by atoms with Crippen LogP contribution in [0.4, 0.5) is 5.69 Å². The van der Waals surface area contributed by atoms with Crippen LogP contribution in [-0.4, -0.2) is 15.2 Å². The number of hydrogen-bond acceptors (Lipinski definition) is 6. The Labute approximate surface area is 203 Å². The molecule has 1 N–H and O–H groups in total. The number of aromatic nitrogens is 1. The summed E-state index contributed by atoms with van der Waals surface area (Å²) in [6.45, 7) is 0.266. The van der Waals surface area contributed by atoms with Gasteiger partial charge < -0.3 is 9.72 Å². The van der Waals surface area contributed by atoms with Gasteiger partial charge in [0, 0.05) is 44.3 Å². The Morgan fingerprint density at radius 3 is 2.82 bits per heavy atom. The van der Waals surface area contributed by atoms with Crippen molar-refractivity contribution >= 4 is 40.4 Å². The molecule has 2 aromatic carbocycles. The first-order chi connectivity index (χ1) is 16.0. The number of benzene rings is 2. The monoisotopic (exact) mass is 500 g/mol. The Morgan fingerprint density at radius 1 is 1.18 bits per heavy atom. The van der Waals surface area contributed by atoms with E-state index in [2.05, 4.69) is 4.98 Å². The first kappa shape index (κ1) is 21.3. The minimum atomic E-state index is -0.363. The van der Waals surface area contributed by atoms with E-state index < -0.39 is 0 Å². The molecule has 5 atom stereocenters. The van der Waals surface area contributed by atoms with Gasteiger partial charge in [-0.3, -0.25) is 14.9 Å². The van der Waals surface area contributed by atoms with Gasteiger partial charge in [0.25, 0.3) is 5.69 Å². The number of thiazole rings is 1. The average molecular weight is 501 g/mol. The molecule has 9 heteroatoms. The van der Waals surface area contributed by atoms with E-state index in [1.165, 1.54) is 36.7 Å². The SMILES string of the molecule is O=c1[nH]c2c(s1)[C@@H](c1cc([N+](=O)[O-])ccc1OCc1ccccc1Cl)[C@H]1[C@@H]3CC[C@H](C3)[C@@H]1S2. The molecule has 1 aromatic heterocycles. The molecule has 2 aliphatic carbocycles. The zero-order valence-corrected chi connectivity index (χ0v) is 19.9. The second-order valence-corrected chi connectivity index (χ2v) is 11.6. The van der Waals surface area contributed by atoms with Crippen molar-refractivity contribution in [2.45, 2.75) is 42.1 Å². The summed E-state index contributed by atoms with van der Waals surface area (Å²) in [5.74, 6) is 2.07. The summed E-state index contributed by atoms with van der Waals surface area (Å²) in [6.07, 6.45) is 3.60. The average Bonchev–Trinajstić information content (AvgIpc) is 3.51. The fourth-order valence-electron chi connectivity index (χ4n) is 5.99. The van der Waals surface area contributed by atoms with E-state index in [-0.39, 0.29) is 28.0 Å². The number of nitro groups is 1. The van der Waals surface area contributed by atoms with Gasteiger partial charge in [0.05, 0.1) is 9.95 Å². The maximum atomic E-state index is 12.3. The highest BCUT2D eigenvalue weighted by Gasteiger charge is 2.55. The van der Waals surface area contributed by atoms with E-state index in [0.717, 1.165) is 21.0 Å². The smallest absolute Gasteiger partial charge is 0.305 e. The third-order valence-electron chi connectivity index (χ3n) is 7.35. The van der Waals surface area contributed by atoms with Crippen molar-refractivity contribution in [2.24, 2.45) is 17.8 Å². The molecule has 1 aliphatic heterocycles. The number of nitro benzene ring substituents is 1. The van der Waals surface area contributed by atoms with Crippen LogP contribution in [0.3, 0.4) is 0 Å². The quantitative estimate of drug-likeness (QED) is 0.331. The van der Waals surface area contributed by atoms with Crippen LogP contribution in [0.5, 0.6) is 5.75 Å². The normalized spacial score (nSPS) is 27.2. The molecule has 170 valence electrons. The highest BCUT2D eigenvalue weighted by Crippen LogP contribution is 2.64. The van der Waals surface area contributed by atoms with Gasteiger partial charge in [0.1, 0.15) is 12.4 Å². The highest BCUT2D eigenvalue weighted by molar-refractivity contribution is 8.00. The van der Waals surface area contributed by atoms with Gasteiger partial charge in [0.15, 0.2) is 0 Å². The molecule has 3 aliphatic rings. The largest absolute Gasteiger partial charge is 0.489 e. The summed E-state index contributed by atoms with van der Waals surface area (Å²) in [6, 6.07) is 12.3. The zero-order chi connectivity index (χ0) is 22.7. The van der Waals surface area contributed by atoms with Gasteiger partial charge in [-0.15, -0.1) is 11.8 Å². The van der Waals surface area contributed by atoms with Gasteiger partial charge in [-0.05, 0) is 49.1 Å². The minimum absolute atomic E-state index is 0.0393. The minimum Gasteiger partial charge on any atom is -0.489 e. The van der Waals surface area contributed by atoms with Crippen molar-refractivity contribution in [3.05, 3.63) is 83.3 Å². The lowest BCUT2D eigenvalue weighted by Gasteiger charge is -2.40. The van der Waals surface area contributed by atoms with Gasteiger partial charge in [-0.1, -0.05) is 41.1 Å². The van der Waals surface area contributed by atoms with Crippen molar-refractivity contribution in [3.8, 4) is 5.75 Å². The molecule has 2 fully saturated rings. The Hall–Kier alpha value is -2.29. The molecule has 2 saturated carbocycles. The molecule has 0 amide bonds. The number of H-pyrrole nitrogens is 1. The lowest BCUT2D eigenvalue weighted by Crippen LogP contribution is -2.33. The molecule has 0 saturated heterocycles. The third-order valence-corrected chi connectivity index (χ3v) is 10.3. The van der Waals surface area contributed by atoms with Crippen LogP contribution < -0.4 is 9.61 Å². The summed E-state index contributed by atoms with van der Waals surface area (Å²) in [5, 5.41) is 13.6. The Balaban J connectivity index is 1.46. The van der Waals surface area contributed by atoms with Gasteiger partial charge in [-0.25, -0.2) is 0 Å². The Bertz CT molecular complexity index is 1310. The van der Waals surface area contributed by atoms with Crippen LogP contribution in [0.1, 0.15) is 41.2 Å². The molecule has 2 heterocycles. The second kappa shape index (κ2) is 8.18. The molecule has 6 rings (SSSR count). The predicted molar refractivity (Wildman–Crippen MR) is 130 cm³/mol. The van der Waals surface area contributed by atoms with E-state index in [4.69, 9.17) is 16.3 Å². The topological polar surface area (TPSA) is 85.2 Å². The van der Waals surface area contributed by atoms with Crippen molar-refractivity contribution in [3.63, 3.8) is 0 Å². The van der Waals surface area contributed by atoms with Crippen LogP contribution in [0.2, 0.25) is 5.02 Å². The van der Waals surface area contributed by atoms with Crippen LogP contribution in [0, 0.1) is 27.9 Å². The molecule has 0 spiro atoms. The van der Waals surface area contributed by atoms with Crippen molar-refractivity contribution < 1.29 is 9.66 Å². The van der Waals surface area contributed by atoms with Crippen LogP contribution in [0.15, 0.2) is 52.3 Å². The summed E-state index contributed by atoms with van der Waals surface area (Å²) in [5.41, 5.74) is 1.69. The molecule has 33 heavy (non-hydrogen) atoms. The van der Waals surface area contributed by atoms with Crippen LogP contribution in [-0.2, 0) is 6.61 Å². The van der Waals surface area contributed by atoms with E-state index >= 15 is 0 Å². The predicted octanol–water partition coefficient (Wildman–Crippen LogP) is 6.23. The standard InChI is InChI=1S/C24H21ClN2O4S2/c25-17-4-2-1-3-14(17)11-31-18-8-7-15(27(29)30)10-16(18)20-19-12-5-6-13(9-12)21(19)32-23-22(20)33-24(28)26-23/h1-4,7-8,10,12-13,19-21H,5-6,9,11H2,(H,26,28)/t12-,13-,19-,20+,21+/m1/s1. The fourth-order valence-corrected chi connectivity index (χ4v) is 9.07. The van der Waals surface area contributed by atoms with E-state index in [0.29, 0.717) is 33.8 Å². The Morgan fingerprint density at radius 2 is 2.00 bits per heavy atom. The number of ether oxygens (including phenoxy) is 1. The van der Waals surface area contributed by atoms with Crippen LogP contribution >= 0.6 is 34.7 Å². The van der Waals surface area contributed by atoms with Crippen molar-refractivity contribution in [1.29, 1.82) is 0 Å². The number of rotatable bonds is 5. The van der Waals surface area contributed by atoms with Crippen molar-refractivity contribution in [1.82, 2.24) is 4.98 Å². The van der Waals surface area contributed by atoms with Crippen LogP contribution in [0.25, 0.3) is 0 Å². The molecular formula is C24H21ClN2O4S2.